The van der Waals surface area contributed by atoms with Crippen LogP contribution in [0.15, 0.2) is 22.9 Å². The number of nitrogens with zero attached hydrogens (tertiary/aromatic N) is 2. The Morgan fingerprint density at radius 1 is 0.938 bits per heavy atom. The number of fused-ring (bicyclic) bond motifs is 1. The number of likely N-dealkylation sites (N-methyl/N-ethyl adjacent to an activating group) is 1. The second-order valence-electron chi connectivity index (χ2n) is 3.68. The summed E-state index contributed by atoms with van der Waals surface area (Å²) in [7, 11) is 4.02. The van der Waals surface area contributed by atoms with E-state index in [9.17, 15) is 0 Å². The lowest BCUT2D eigenvalue weighted by Gasteiger charge is -2.11. The van der Waals surface area contributed by atoms with Crippen molar-refractivity contribution in [3.63, 3.8) is 0 Å². The molecule has 0 saturated heterocycles. The molecule has 0 atom stereocenters. The Labute approximate surface area is 128 Å². The molecule has 2 rings (SSSR count). The fourth-order valence-electron chi connectivity index (χ4n) is 1.53. The van der Waals surface area contributed by atoms with Crippen LogP contribution in [0.3, 0.4) is 0 Å². The number of halogens is 4. The molecule has 1 aliphatic rings. The summed E-state index contributed by atoms with van der Waals surface area (Å²) in [6, 6.07) is 0. The van der Waals surface area contributed by atoms with Gasteiger partial charge in [0, 0.05) is 39.5 Å². The second kappa shape index (κ2) is 4.71. The molecule has 0 unspecified atom stereocenters. The van der Waals surface area contributed by atoms with Gasteiger partial charge in [0.25, 0.3) is 0 Å². The highest BCUT2D eigenvalue weighted by atomic mass is 79.9. The van der Waals surface area contributed by atoms with E-state index >= 15 is 0 Å². The van der Waals surface area contributed by atoms with E-state index in [4.69, 9.17) is 0 Å². The molecule has 0 aromatic heterocycles. The number of hydrogen-bond acceptors (Lipinski definition) is 2. The van der Waals surface area contributed by atoms with E-state index in [-0.39, 0.29) is 0 Å². The molecule has 0 amide bonds. The van der Waals surface area contributed by atoms with Crippen LogP contribution in [0.25, 0.3) is 0 Å². The SMILES string of the molecule is CN(C)C1=Nc2c(Br)c(Br)c(Br)c(Br)c2C1. The maximum Gasteiger partial charge on any atom is 0.109 e. The Morgan fingerprint density at radius 2 is 1.50 bits per heavy atom. The van der Waals surface area contributed by atoms with Crippen molar-refractivity contribution in [3.05, 3.63) is 23.5 Å². The molecule has 1 aromatic carbocycles. The minimum Gasteiger partial charge on any atom is -0.366 e. The molecule has 0 spiro atoms. The fraction of sp³-hybridized carbons (Fsp3) is 0.300. The van der Waals surface area contributed by atoms with Crippen LogP contribution < -0.4 is 0 Å². The maximum atomic E-state index is 4.63. The number of benzene rings is 1. The van der Waals surface area contributed by atoms with Gasteiger partial charge in [0.05, 0.1) is 10.2 Å². The molecule has 0 saturated carbocycles. The van der Waals surface area contributed by atoms with Crippen LogP contribution in [0.5, 0.6) is 0 Å². The number of amidine groups is 1. The first-order valence-corrected chi connectivity index (χ1v) is 7.70. The van der Waals surface area contributed by atoms with Gasteiger partial charge in [-0.2, -0.15) is 0 Å². The highest BCUT2D eigenvalue weighted by Gasteiger charge is 2.25. The maximum absolute atomic E-state index is 4.63. The Morgan fingerprint density at radius 3 is 2.06 bits per heavy atom. The summed E-state index contributed by atoms with van der Waals surface area (Å²) in [6.07, 6.45) is 0.855. The molecule has 86 valence electrons. The minimum absolute atomic E-state index is 0.855. The van der Waals surface area contributed by atoms with Crippen molar-refractivity contribution >= 4 is 75.2 Å². The van der Waals surface area contributed by atoms with E-state index in [1.807, 2.05) is 19.0 Å². The Hall–Kier alpha value is 0.610. The molecule has 0 bridgehead atoms. The van der Waals surface area contributed by atoms with Gasteiger partial charge in [-0.05, 0) is 63.7 Å². The predicted octanol–water partition coefficient (Wildman–Crippen LogP) is 4.88. The van der Waals surface area contributed by atoms with Gasteiger partial charge < -0.3 is 4.90 Å². The zero-order valence-corrected chi connectivity index (χ0v) is 15.0. The third kappa shape index (κ3) is 2.02. The largest absolute Gasteiger partial charge is 0.366 e. The highest BCUT2D eigenvalue weighted by molar-refractivity contribution is 9.15. The van der Waals surface area contributed by atoms with Crippen molar-refractivity contribution in [3.8, 4) is 0 Å². The Bertz CT molecular complexity index is 494. The van der Waals surface area contributed by atoms with Gasteiger partial charge in [0.2, 0.25) is 0 Å². The molecule has 0 aliphatic carbocycles. The molecule has 0 radical (unpaired) electrons. The van der Waals surface area contributed by atoms with Crippen LogP contribution in [-0.2, 0) is 6.42 Å². The van der Waals surface area contributed by atoms with Crippen LogP contribution in [0.2, 0.25) is 0 Å². The van der Waals surface area contributed by atoms with E-state index in [0.29, 0.717) is 0 Å². The Balaban J connectivity index is 2.63. The van der Waals surface area contributed by atoms with Gasteiger partial charge >= 0.3 is 0 Å². The summed E-state index contributed by atoms with van der Waals surface area (Å²) >= 11 is 14.3. The summed E-state index contributed by atoms with van der Waals surface area (Å²) in [5.41, 5.74) is 2.22. The van der Waals surface area contributed by atoms with Crippen LogP contribution >= 0.6 is 63.7 Å². The summed E-state index contributed by atoms with van der Waals surface area (Å²) in [5.74, 6) is 1.07. The average Bonchev–Trinajstić information content (AvgIpc) is 2.68. The topological polar surface area (TPSA) is 15.6 Å². The van der Waals surface area contributed by atoms with E-state index in [0.717, 1.165) is 35.8 Å². The first-order valence-electron chi connectivity index (χ1n) is 4.53. The summed E-state index contributed by atoms with van der Waals surface area (Å²) in [4.78, 5) is 6.67. The van der Waals surface area contributed by atoms with Crippen molar-refractivity contribution in [2.24, 2.45) is 4.99 Å². The summed E-state index contributed by atoms with van der Waals surface area (Å²) in [5, 5.41) is 0. The average molecular weight is 476 g/mol. The lowest BCUT2D eigenvalue weighted by molar-refractivity contribution is 0.614. The quantitative estimate of drug-likeness (QED) is 0.385. The molecule has 2 nitrogen and oxygen atoms in total. The summed E-state index contributed by atoms with van der Waals surface area (Å²) < 4.78 is 4.07. The number of aliphatic imine (C=N–C) groups is 1. The minimum atomic E-state index is 0.855. The third-order valence-corrected chi connectivity index (χ3v) is 7.26. The normalized spacial score (nSPS) is 13.8. The smallest absolute Gasteiger partial charge is 0.109 e. The van der Waals surface area contributed by atoms with E-state index in [1.54, 1.807) is 0 Å². The van der Waals surface area contributed by atoms with Gasteiger partial charge in [-0.3, -0.25) is 0 Å². The van der Waals surface area contributed by atoms with Crippen molar-refractivity contribution in [2.75, 3.05) is 14.1 Å². The van der Waals surface area contributed by atoms with Gasteiger partial charge in [-0.15, -0.1) is 0 Å². The fourth-order valence-corrected chi connectivity index (χ4v) is 3.94. The molecule has 16 heavy (non-hydrogen) atoms. The zero-order chi connectivity index (χ0) is 12.0. The van der Waals surface area contributed by atoms with Crippen molar-refractivity contribution in [1.29, 1.82) is 0 Å². The molecular formula is C10H8Br4N2. The lowest BCUT2D eigenvalue weighted by Crippen LogP contribution is -2.21. The first-order chi connectivity index (χ1) is 7.43. The lowest BCUT2D eigenvalue weighted by atomic mass is 10.1. The molecule has 1 heterocycles. The zero-order valence-electron chi connectivity index (χ0n) is 8.61. The van der Waals surface area contributed by atoms with Crippen LogP contribution in [0, 0.1) is 0 Å². The second-order valence-corrected chi connectivity index (χ2v) is 6.85. The van der Waals surface area contributed by atoms with Gasteiger partial charge in [-0.25, -0.2) is 4.99 Å². The molecular weight excluding hydrogens is 468 g/mol. The highest BCUT2D eigenvalue weighted by Crippen LogP contribution is 2.48. The molecule has 6 heteroatoms. The molecule has 0 fully saturated rings. The van der Waals surface area contributed by atoms with Gasteiger partial charge in [0.1, 0.15) is 5.84 Å². The standard InChI is InChI=1S/C10H8Br4N2/c1-16(2)5-3-4-6(11)7(12)8(13)9(14)10(4)15-5/h3H2,1-2H3. The van der Waals surface area contributed by atoms with Crippen molar-refractivity contribution in [1.82, 2.24) is 4.90 Å². The van der Waals surface area contributed by atoms with E-state index in [2.05, 4.69) is 68.7 Å². The monoisotopic (exact) mass is 472 g/mol. The number of hydrogen-bond donors (Lipinski definition) is 0. The Kier molecular flexibility index (Phi) is 3.84. The van der Waals surface area contributed by atoms with Crippen LogP contribution in [0.1, 0.15) is 5.56 Å². The molecule has 1 aromatic rings. The van der Waals surface area contributed by atoms with Crippen LogP contribution in [-0.4, -0.2) is 24.8 Å². The predicted molar refractivity (Wildman–Crippen MR) is 81.7 cm³/mol. The van der Waals surface area contributed by atoms with E-state index < -0.39 is 0 Å². The summed E-state index contributed by atoms with van der Waals surface area (Å²) in [6.45, 7) is 0. The molecule has 0 N–H and O–H groups in total. The van der Waals surface area contributed by atoms with Crippen molar-refractivity contribution < 1.29 is 0 Å². The van der Waals surface area contributed by atoms with Gasteiger partial charge in [-0.1, -0.05) is 0 Å². The van der Waals surface area contributed by atoms with Gasteiger partial charge in [0.15, 0.2) is 0 Å². The van der Waals surface area contributed by atoms with Crippen molar-refractivity contribution in [2.45, 2.75) is 6.42 Å². The van der Waals surface area contributed by atoms with Crippen LogP contribution in [0.4, 0.5) is 5.69 Å². The van der Waals surface area contributed by atoms with E-state index in [1.165, 1.54) is 5.56 Å². The first kappa shape index (κ1) is 13.1. The molecule has 1 aliphatic heterocycles. The third-order valence-electron chi connectivity index (χ3n) is 2.43. The number of rotatable bonds is 0.